The minimum absolute atomic E-state index is 0.136. The van der Waals surface area contributed by atoms with Gasteiger partial charge in [0.1, 0.15) is 5.75 Å². The van der Waals surface area contributed by atoms with Crippen molar-refractivity contribution in [3.05, 3.63) is 29.8 Å². The molecule has 0 aliphatic rings. The Morgan fingerprint density at radius 1 is 1.38 bits per heavy atom. The van der Waals surface area contributed by atoms with E-state index < -0.39 is 0 Å². The molecule has 1 rings (SSSR count). The molecule has 0 saturated heterocycles. The van der Waals surface area contributed by atoms with E-state index in [2.05, 4.69) is 4.99 Å². The number of rotatable bonds is 3. The van der Waals surface area contributed by atoms with Gasteiger partial charge in [-0.1, -0.05) is 12.1 Å². The quantitative estimate of drug-likeness (QED) is 0.523. The molecule has 68 valence electrons. The van der Waals surface area contributed by atoms with Crippen molar-refractivity contribution in [2.45, 2.75) is 13.0 Å². The van der Waals surface area contributed by atoms with E-state index in [1.54, 1.807) is 7.11 Å². The van der Waals surface area contributed by atoms with Crippen LogP contribution in [-0.2, 0) is 4.79 Å². The molecular formula is C10H11NO2. The van der Waals surface area contributed by atoms with Gasteiger partial charge in [-0.3, -0.25) is 0 Å². The third-order valence-corrected chi connectivity index (χ3v) is 1.84. The van der Waals surface area contributed by atoms with Crippen molar-refractivity contribution in [3.8, 4) is 5.75 Å². The molecule has 0 fully saturated rings. The van der Waals surface area contributed by atoms with E-state index in [1.165, 1.54) is 6.08 Å². The van der Waals surface area contributed by atoms with E-state index in [-0.39, 0.29) is 6.04 Å². The molecule has 0 aliphatic heterocycles. The number of methoxy groups -OCH3 is 1. The van der Waals surface area contributed by atoms with E-state index in [4.69, 9.17) is 4.74 Å². The van der Waals surface area contributed by atoms with Crippen molar-refractivity contribution < 1.29 is 9.53 Å². The highest BCUT2D eigenvalue weighted by Crippen LogP contribution is 2.19. The molecule has 0 N–H and O–H groups in total. The van der Waals surface area contributed by atoms with Gasteiger partial charge in [-0.2, -0.15) is 4.99 Å². The highest BCUT2D eigenvalue weighted by molar-refractivity contribution is 5.36. The number of hydrogen-bond donors (Lipinski definition) is 0. The van der Waals surface area contributed by atoms with Gasteiger partial charge in [0.2, 0.25) is 6.08 Å². The van der Waals surface area contributed by atoms with Gasteiger partial charge in [0.15, 0.2) is 0 Å². The smallest absolute Gasteiger partial charge is 0.235 e. The minimum Gasteiger partial charge on any atom is -0.497 e. The summed E-state index contributed by atoms with van der Waals surface area (Å²) in [4.78, 5) is 13.6. The average Bonchev–Trinajstić information content (AvgIpc) is 2.18. The summed E-state index contributed by atoms with van der Waals surface area (Å²) in [5.41, 5.74) is 0.976. The zero-order chi connectivity index (χ0) is 9.68. The maximum atomic E-state index is 10.00. The molecule has 3 nitrogen and oxygen atoms in total. The molecule has 0 heterocycles. The molecule has 0 bridgehead atoms. The predicted octanol–water partition coefficient (Wildman–Crippen LogP) is 2.09. The fourth-order valence-corrected chi connectivity index (χ4v) is 1.04. The molecular weight excluding hydrogens is 166 g/mol. The van der Waals surface area contributed by atoms with Gasteiger partial charge >= 0.3 is 0 Å². The Morgan fingerprint density at radius 2 is 2.00 bits per heavy atom. The highest BCUT2D eigenvalue weighted by atomic mass is 16.5. The van der Waals surface area contributed by atoms with Crippen molar-refractivity contribution in [3.63, 3.8) is 0 Å². The molecule has 0 unspecified atom stereocenters. The SMILES string of the molecule is COc1ccc([C@@H](C)N=C=O)cc1. The molecule has 0 aliphatic carbocycles. The zero-order valence-corrected chi connectivity index (χ0v) is 7.65. The van der Waals surface area contributed by atoms with Crippen molar-refractivity contribution in [1.82, 2.24) is 0 Å². The van der Waals surface area contributed by atoms with Gasteiger partial charge in [0.05, 0.1) is 13.2 Å². The number of ether oxygens (including phenoxy) is 1. The lowest BCUT2D eigenvalue weighted by Crippen LogP contribution is -1.89. The van der Waals surface area contributed by atoms with Crippen LogP contribution in [0.1, 0.15) is 18.5 Å². The Bertz CT molecular complexity index is 312. The standard InChI is InChI=1S/C10H11NO2/c1-8(11-7-12)9-3-5-10(13-2)6-4-9/h3-6,8H,1-2H3/t8-/m1/s1. The Kier molecular flexibility index (Phi) is 3.23. The van der Waals surface area contributed by atoms with Crippen LogP contribution in [0, 0.1) is 0 Å². The van der Waals surface area contributed by atoms with Crippen molar-refractivity contribution >= 4 is 6.08 Å². The van der Waals surface area contributed by atoms with Crippen molar-refractivity contribution in [2.24, 2.45) is 4.99 Å². The second-order valence-electron chi connectivity index (χ2n) is 2.67. The van der Waals surface area contributed by atoms with Crippen LogP contribution in [0.2, 0.25) is 0 Å². The normalized spacial score (nSPS) is 11.5. The van der Waals surface area contributed by atoms with E-state index in [0.29, 0.717) is 0 Å². The number of carbonyl (C=O) groups excluding carboxylic acids is 1. The van der Waals surface area contributed by atoms with Crippen LogP contribution in [0.3, 0.4) is 0 Å². The maximum absolute atomic E-state index is 10.00. The van der Waals surface area contributed by atoms with Crippen molar-refractivity contribution in [1.29, 1.82) is 0 Å². The largest absolute Gasteiger partial charge is 0.497 e. The van der Waals surface area contributed by atoms with Gasteiger partial charge in [0, 0.05) is 0 Å². The number of aliphatic imine (C=N–C) groups is 1. The molecule has 0 saturated carbocycles. The Balaban J connectivity index is 2.85. The summed E-state index contributed by atoms with van der Waals surface area (Å²) in [6.45, 7) is 1.84. The van der Waals surface area contributed by atoms with Gasteiger partial charge in [-0.25, -0.2) is 4.79 Å². The summed E-state index contributed by atoms with van der Waals surface area (Å²) in [6.07, 6.45) is 1.54. The van der Waals surface area contributed by atoms with Gasteiger partial charge in [-0.15, -0.1) is 0 Å². The summed E-state index contributed by atoms with van der Waals surface area (Å²) in [5.74, 6) is 0.797. The highest BCUT2D eigenvalue weighted by Gasteiger charge is 2.02. The fourth-order valence-electron chi connectivity index (χ4n) is 1.04. The first-order valence-electron chi connectivity index (χ1n) is 3.99. The third kappa shape index (κ3) is 2.42. The Labute approximate surface area is 77.1 Å². The van der Waals surface area contributed by atoms with Crippen molar-refractivity contribution in [2.75, 3.05) is 7.11 Å². The molecule has 0 radical (unpaired) electrons. The van der Waals surface area contributed by atoms with Crippen LogP contribution < -0.4 is 4.74 Å². The van der Waals surface area contributed by atoms with Gasteiger partial charge in [0.25, 0.3) is 0 Å². The third-order valence-electron chi connectivity index (χ3n) is 1.84. The monoisotopic (exact) mass is 177 g/mol. The fraction of sp³-hybridized carbons (Fsp3) is 0.300. The molecule has 0 spiro atoms. The summed E-state index contributed by atoms with van der Waals surface area (Å²) in [7, 11) is 1.61. The molecule has 1 atom stereocenters. The molecule has 1 aromatic carbocycles. The number of nitrogens with zero attached hydrogens (tertiary/aromatic N) is 1. The zero-order valence-electron chi connectivity index (χ0n) is 7.65. The lowest BCUT2D eigenvalue weighted by molar-refractivity contribution is 0.414. The molecule has 1 aromatic rings. The van der Waals surface area contributed by atoms with Crippen LogP contribution in [0.5, 0.6) is 5.75 Å². The molecule has 13 heavy (non-hydrogen) atoms. The lowest BCUT2D eigenvalue weighted by Gasteiger charge is -2.05. The number of hydrogen-bond acceptors (Lipinski definition) is 3. The molecule has 0 aromatic heterocycles. The summed E-state index contributed by atoms with van der Waals surface area (Å²) in [6, 6.07) is 7.30. The number of isocyanates is 1. The minimum atomic E-state index is -0.136. The first-order chi connectivity index (χ1) is 6.27. The Morgan fingerprint density at radius 3 is 2.46 bits per heavy atom. The molecule has 0 amide bonds. The summed E-state index contributed by atoms with van der Waals surface area (Å²) < 4.78 is 5.00. The average molecular weight is 177 g/mol. The number of benzene rings is 1. The van der Waals surface area contributed by atoms with Crippen LogP contribution in [0.15, 0.2) is 29.3 Å². The van der Waals surface area contributed by atoms with Crippen LogP contribution in [0.25, 0.3) is 0 Å². The van der Waals surface area contributed by atoms with Gasteiger partial charge < -0.3 is 4.74 Å². The van der Waals surface area contributed by atoms with Crippen LogP contribution in [0.4, 0.5) is 0 Å². The van der Waals surface area contributed by atoms with E-state index in [0.717, 1.165) is 11.3 Å². The summed E-state index contributed by atoms with van der Waals surface area (Å²) in [5, 5.41) is 0. The molecule has 3 heteroatoms. The van der Waals surface area contributed by atoms with E-state index in [9.17, 15) is 4.79 Å². The Hall–Kier alpha value is -1.60. The lowest BCUT2D eigenvalue weighted by atomic mass is 10.1. The van der Waals surface area contributed by atoms with Gasteiger partial charge in [-0.05, 0) is 24.6 Å². The predicted molar refractivity (Wildman–Crippen MR) is 49.5 cm³/mol. The maximum Gasteiger partial charge on any atom is 0.235 e. The first-order valence-corrected chi connectivity index (χ1v) is 3.99. The topological polar surface area (TPSA) is 38.7 Å². The first kappa shape index (κ1) is 9.49. The van der Waals surface area contributed by atoms with Crippen LogP contribution in [-0.4, -0.2) is 13.2 Å². The van der Waals surface area contributed by atoms with E-state index >= 15 is 0 Å². The summed E-state index contributed by atoms with van der Waals surface area (Å²) >= 11 is 0. The van der Waals surface area contributed by atoms with Crippen LogP contribution >= 0.6 is 0 Å². The second kappa shape index (κ2) is 4.43. The van der Waals surface area contributed by atoms with E-state index in [1.807, 2.05) is 31.2 Å². The second-order valence-corrected chi connectivity index (χ2v) is 2.67.